The van der Waals surface area contributed by atoms with Crippen LogP contribution in [0.4, 0.5) is 11.6 Å². The Bertz CT molecular complexity index is 1670. The zero-order valence-electron chi connectivity index (χ0n) is 21.6. The van der Waals surface area contributed by atoms with Gasteiger partial charge in [0.05, 0.1) is 19.3 Å². The molecule has 1 aliphatic rings. The number of rotatable bonds is 5. The number of nitrogens with zero attached hydrogens (tertiary/aromatic N) is 6. The lowest BCUT2D eigenvalue weighted by Crippen LogP contribution is -2.50. The van der Waals surface area contributed by atoms with Gasteiger partial charge < -0.3 is 19.9 Å². The number of hydrogen-bond acceptors (Lipinski definition) is 6. The zero-order chi connectivity index (χ0) is 27.8. The molecule has 0 bridgehead atoms. The van der Waals surface area contributed by atoms with Crippen LogP contribution in [0.15, 0.2) is 52.1 Å². The summed E-state index contributed by atoms with van der Waals surface area (Å²) in [5.74, 6) is 1.26. The maximum Gasteiger partial charge on any atom is 0.332 e. The molecule has 2 aromatic heterocycles. The third-order valence-corrected chi connectivity index (χ3v) is 7.68. The summed E-state index contributed by atoms with van der Waals surface area (Å²) in [4.78, 5) is 34.9. The molecule has 0 atom stereocenters. The third kappa shape index (κ3) is 5.21. The number of imidazole rings is 1. The van der Waals surface area contributed by atoms with Crippen molar-refractivity contribution in [3.8, 4) is 5.75 Å². The molecule has 204 valence electrons. The molecule has 10 nitrogen and oxygen atoms in total. The zero-order valence-corrected chi connectivity index (χ0v) is 24.0. The van der Waals surface area contributed by atoms with Crippen LogP contribution in [-0.4, -0.2) is 62.0 Å². The molecule has 4 aromatic rings. The summed E-state index contributed by atoms with van der Waals surface area (Å²) < 4.78 is 9.82. The van der Waals surface area contributed by atoms with Gasteiger partial charge in [-0.2, -0.15) is 4.98 Å². The van der Waals surface area contributed by atoms with Crippen molar-refractivity contribution in [3.05, 3.63) is 78.9 Å². The Morgan fingerprint density at radius 1 is 1.00 bits per heavy atom. The standard InChI is InChI=1S/C26H27Cl2N7O3S/c1-31-22-21(23(36)32(2)26(31)37)35(15-16-4-6-17(27)7-5-16)24(30-22)33-10-12-34(13-11-33)25(39)29-19-14-18(28)8-9-20(19)38-3/h4-9,14H,10-13,15H2,1-3H3,(H,29,39). The number of piperazine rings is 1. The second-order valence-electron chi connectivity index (χ2n) is 9.25. The Hall–Kier alpha value is -3.54. The largest absolute Gasteiger partial charge is 0.495 e. The smallest absolute Gasteiger partial charge is 0.332 e. The molecule has 1 saturated heterocycles. The van der Waals surface area contributed by atoms with Crippen LogP contribution in [-0.2, 0) is 20.6 Å². The van der Waals surface area contributed by atoms with Crippen molar-refractivity contribution in [3.63, 3.8) is 0 Å². The number of aromatic nitrogens is 4. The van der Waals surface area contributed by atoms with Gasteiger partial charge in [0.25, 0.3) is 5.56 Å². The van der Waals surface area contributed by atoms with Gasteiger partial charge >= 0.3 is 5.69 Å². The highest BCUT2D eigenvalue weighted by atomic mass is 35.5. The SMILES string of the molecule is COc1ccc(Cl)cc1NC(=S)N1CCN(c2nc3c(c(=O)n(C)c(=O)n3C)n2Cc2ccc(Cl)cc2)CC1. The minimum atomic E-state index is -0.423. The quantitative estimate of drug-likeness (QED) is 0.356. The molecule has 2 aromatic carbocycles. The first kappa shape index (κ1) is 27.0. The average Bonchev–Trinajstić information content (AvgIpc) is 3.31. The van der Waals surface area contributed by atoms with Crippen LogP contribution in [0.1, 0.15) is 5.56 Å². The fourth-order valence-corrected chi connectivity index (χ4v) is 5.27. The molecule has 5 rings (SSSR count). The number of fused-ring (bicyclic) bond motifs is 1. The topological polar surface area (TPSA) is 89.6 Å². The molecular formula is C26H27Cl2N7O3S. The maximum absolute atomic E-state index is 13.2. The summed E-state index contributed by atoms with van der Waals surface area (Å²) >= 11 is 17.9. The summed E-state index contributed by atoms with van der Waals surface area (Å²) in [6.45, 7) is 2.84. The number of ether oxygens (including phenoxy) is 1. The Balaban J connectivity index is 1.44. The van der Waals surface area contributed by atoms with E-state index in [4.69, 9.17) is 45.1 Å². The van der Waals surface area contributed by atoms with E-state index >= 15 is 0 Å². The van der Waals surface area contributed by atoms with Crippen molar-refractivity contribution >= 4 is 63.3 Å². The maximum atomic E-state index is 13.2. The molecule has 1 N–H and O–H groups in total. The Kier molecular flexibility index (Phi) is 7.57. The number of methoxy groups -OCH3 is 1. The van der Waals surface area contributed by atoms with Crippen LogP contribution in [0.25, 0.3) is 11.2 Å². The molecule has 1 aliphatic heterocycles. The van der Waals surface area contributed by atoms with Crippen molar-refractivity contribution in [1.82, 2.24) is 23.6 Å². The number of nitrogens with one attached hydrogen (secondary N) is 1. The number of benzene rings is 2. The van der Waals surface area contributed by atoms with Crippen LogP contribution in [0.5, 0.6) is 5.75 Å². The van der Waals surface area contributed by atoms with E-state index in [2.05, 4.69) is 15.1 Å². The van der Waals surface area contributed by atoms with Crippen LogP contribution in [0, 0.1) is 0 Å². The van der Waals surface area contributed by atoms with E-state index < -0.39 is 5.69 Å². The highest BCUT2D eigenvalue weighted by Crippen LogP contribution is 2.28. The summed E-state index contributed by atoms with van der Waals surface area (Å²) in [6, 6.07) is 12.8. The van der Waals surface area contributed by atoms with Gasteiger partial charge in [-0.25, -0.2) is 4.79 Å². The Morgan fingerprint density at radius 2 is 1.67 bits per heavy atom. The molecule has 39 heavy (non-hydrogen) atoms. The summed E-state index contributed by atoms with van der Waals surface area (Å²) in [5, 5.41) is 5.00. The number of thiocarbonyl (C=S) groups is 1. The van der Waals surface area contributed by atoms with Crippen molar-refractivity contribution in [1.29, 1.82) is 0 Å². The second-order valence-corrected chi connectivity index (χ2v) is 10.5. The Labute approximate surface area is 239 Å². The highest BCUT2D eigenvalue weighted by molar-refractivity contribution is 7.80. The van der Waals surface area contributed by atoms with Gasteiger partial charge in [-0.1, -0.05) is 35.3 Å². The number of halogens is 2. The van der Waals surface area contributed by atoms with E-state index in [1.54, 1.807) is 32.4 Å². The molecule has 13 heteroatoms. The van der Waals surface area contributed by atoms with Gasteiger partial charge in [0, 0.05) is 50.3 Å². The van der Waals surface area contributed by atoms with E-state index in [-0.39, 0.29) is 5.56 Å². The van der Waals surface area contributed by atoms with Crippen LogP contribution < -0.4 is 26.2 Å². The Morgan fingerprint density at radius 3 is 2.33 bits per heavy atom. The molecule has 0 radical (unpaired) electrons. The molecule has 0 aliphatic carbocycles. The van der Waals surface area contributed by atoms with Crippen molar-refractivity contribution in [2.24, 2.45) is 14.1 Å². The first-order valence-corrected chi connectivity index (χ1v) is 13.4. The van der Waals surface area contributed by atoms with Crippen LogP contribution in [0.2, 0.25) is 10.0 Å². The van der Waals surface area contributed by atoms with Crippen molar-refractivity contribution < 1.29 is 4.74 Å². The minimum absolute atomic E-state index is 0.347. The molecule has 0 unspecified atom stereocenters. The van der Waals surface area contributed by atoms with E-state index in [9.17, 15) is 9.59 Å². The van der Waals surface area contributed by atoms with Gasteiger partial charge in [-0.15, -0.1) is 0 Å². The van der Waals surface area contributed by atoms with E-state index in [1.807, 2.05) is 28.8 Å². The predicted octanol–water partition coefficient (Wildman–Crippen LogP) is 3.32. The first-order chi connectivity index (χ1) is 18.7. The van der Waals surface area contributed by atoms with Gasteiger partial charge in [0.15, 0.2) is 16.3 Å². The normalized spacial score (nSPS) is 13.7. The lowest BCUT2D eigenvalue weighted by Gasteiger charge is -2.37. The summed E-state index contributed by atoms with van der Waals surface area (Å²) in [6.07, 6.45) is 0. The van der Waals surface area contributed by atoms with Gasteiger partial charge in [-0.05, 0) is 48.1 Å². The molecule has 0 saturated carbocycles. The van der Waals surface area contributed by atoms with Gasteiger partial charge in [0.2, 0.25) is 5.95 Å². The van der Waals surface area contributed by atoms with E-state index in [0.717, 1.165) is 10.1 Å². The van der Waals surface area contributed by atoms with Crippen molar-refractivity contribution in [2.45, 2.75) is 6.54 Å². The number of aryl methyl sites for hydroxylation is 1. The van der Waals surface area contributed by atoms with Crippen LogP contribution in [0.3, 0.4) is 0 Å². The summed E-state index contributed by atoms with van der Waals surface area (Å²) in [5.41, 5.74) is 1.56. The molecule has 1 fully saturated rings. The fourth-order valence-electron chi connectivity index (χ4n) is 4.68. The van der Waals surface area contributed by atoms with Gasteiger partial charge in [0.1, 0.15) is 5.75 Å². The molecular weight excluding hydrogens is 561 g/mol. The lowest BCUT2D eigenvalue weighted by molar-refractivity contribution is 0.386. The summed E-state index contributed by atoms with van der Waals surface area (Å²) in [7, 11) is 4.69. The minimum Gasteiger partial charge on any atom is -0.495 e. The van der Waals surface area contributed by atoms with Gasteiger partial charge in [-0.3, -0.25) is 18.5 Å². The first-order valence-electron chi connectivity index (χ1n) is 12.2. The number of hydrogen-bond donors (Lipinski definition) is 1. The molecule has 3 heterocycles. The number of anilines is 2. The highest BCUT2D eigenvalue weighted by Gasteiger charge is 2.27. The average molecular weight is 589 g/mol. The monoisotopic (exact) mass is 587 g/mol. The predicted molar refractivity (Wildman–Crippen MR) is 159 cm³/mol. The van der Waals surface area contributed by atoms with Crippen LogP contribution >= 0.6 is 35.4 Å². The molecule has 0 spiro atoms. The molecule has 0 amide bonds. The fraction of sp³-hybridized carbons (Fsp3) is 0.308. The lowest BCUT2D eigenvalue weighted by atomic mass is 10.2. The third-order valence-electron chi connectivity index (χ3n) is 6.83. The second kappa shape index (κ2) is 10.9. The van der Waals surface area contributed by atoms with Crippen molar-refractivity contribution in [2.75, 3.05) is 43.5 Å². The van der Waals surface area contributed by atoms with E-state index in [0.29, 0.717) is 76.4 Å². The van der Waals surface area contributed by atoms with E-state index in [1.165, 1.54) is 11.6 Å².